The van der Waals surface area contributed by atoms with Crippen LogP contribution in [-0.2, 0) is 18.2 Å². The fourth-order valence-corrected chi connectivity index (χ4v) is 3.89. The summed E-state index contributed by atoms with van der Waals surface area (Å²) < 4.78 is 9.02. The minimum atomic E-state index is 0.292. The van der Waals surface area contributed by atoms with Gasteiger partial charge in [0.25, 0.3) is 0 Å². The standard InChI is InChI=1S/C13H22BrN3OS/c1-4-15-10(12-8-19-6-5-18-12)7-11-13(14)9(2)16-17(11)3/h10,12,15H,4-8H2,1-3H3. The van der Waals surface area contributed by atoms with Crippen LogP contribution in [0.4, 0.5) is 0 Å². The lowest BCUT2D eigenvalue weighted by Gasteiger charge is -2.30. The first-order valence-corrected chi connectivity index (χ1v) is 8.69. The number of hydrogen-bond acceptors (Lipinski definition) is 4. The molecule has 2 rings (SSSR count). The Morgan fingerprint density at radius 2 is 2.42 bits per heavy atom. The van der Waals surface area contributed by atoms with Gasteiger partial charge >= 0.3 is 0 Å². The molecule has 1 aromatic rings. The Bertz CT molecular complexity index is 418. The largest absolute Gasteiger partial charge is 0.375 e. The molecule has 19 heavy (non-hydrogen) atoms. The third-order valence-corrected chi connectivity index (χ3v) is 5.48. The van der Waals surface area contributed by atoms with Crippen molar-refractivity contribution in [3.05, 3.63) is 15.9 Å². The summed E-state index contributed by atoms with van der Waals surface area (Å²) >= 11 is 5.63. The summed E-state index contributed by atoms with van der Waals surface area (Å²) in [6.45, 7) is 6.00. The number of nitrogens with zero attached hydrogens (tertiary/aromatic N) is 2. The van der Waals surface area contributed by atoms with Crippen LogP contribution in [0.2, 0.25) is 0 Å². The number of aromatic nitrogens is 2. The van der Waals surface area contributed by atoms with Crippen LogP contribution in [0.3, 0.4) is 0 Å². The molecule has 2 heterocycles. The van der Waals surface area contributed by atoms with Crippen molar-refractivity contribution >= 4 is 27.7 Å². The van der Waals surface area contributed by atoms with Gasteiger partial charge in [0.2, 0.25) is 0 Å². The highest BCUT2D eigenvalue weighted by Gasteiger charge is 2.26. The van der Waals surface area contributed by atoms with Gasteiger partial charge in [-0.3, -0.25) is 4.68 Å². The Balaban J connectivity index is 2.11. The second kappa shape index (κ2) is 7.11. The van der Waals surface area contributed by atoms with Gasteiger partial charge in [0, 0.05) is 31.0 Å². The van der Waals surface area contributed by atoms with Crippen molar-refractivity contribution < 1.29 is 4.74 Å². The quantitative estimate of drug-likeness (QED) is 0.885. The average Bonchev–Trinajstić information content (AvgIpc) is 2.65. The van der Waals surface area contributed by atoms with E-state index in [1.165, 1.54) is 5.69 Å². The van der Waals surface area contributed by atoms with Crippen molar-refractivity contribution in [3.63, 3.8) is 0 Å². The topological polar surface area (TPSA) is 39.1 Å². The minimum absolute atomic E-state index is 0.292. The fourth-order valence-electron chi connectivity index (χ4n) is 2.45. The molecule has 0 saturated carbocycles. The van der Waals surface area contributed by atoms with E-state index in [4.69, 9.17) is 4.74 Å². The van der Waals surface area contributed by atoms with Crippen LogP contribution in [-0.4, -0.2) is 46.6 Å². The molecule has 1 aromatic heterocycles. The maximum Gasteiger partial charge on any atom is 0.0822 e. The molecule has 1 saturated heterocycles. The molecule has 0 aliphatic carbocycles. The number of aryl methyl sites for hydroxylation is 2. The zero-order valence-electron chi connectivity index (χ0n) is 11.8. The number of halogens is 1. The van der Waals surface area contributed by atoms with Crippen molar-refractivity contribution in [1.29, 1.82) is 0 Å². The normalized spacial score (nSPS) is 21.6. The maximum atomic E-state index is 5.92. The van der Waals surface area contributed by atoms with Crippen molar-refractivity contribution in [2.75, 3.05) is 24.7 Å². The molecule has 1 aliphatic rings. The van der Waals surface area contributed by atoms with Gasteiger partial charge in [-0.2, -0.15) is 16.9 Å². The van der Waals surface area contributed by atoms with Crippen molar-refractivity contribution in [2.45, 2.75) is 32.4 Å². The average molecular weight is 348 g/mol. The van der Waals surface area contributed by atoms with Crippen LogP contribution in [0.15, 0.2) is 4.47 Å². The van der Waals surface area contributed by atoms with Gasteiger partial charge in [-0.1, -0.05) is 6.92 Å². The van der Waals surface area contributed by atoms with E-state index in [0.29, 0.717) is 12.1 Å². The van der Waals surface area contributed by atoms with E-state index in [1.54, 1.807) is 0 Å². The first kappa shape index (κ1) is 15.4. The van der Waals surface area contributed by atoms with E-state index >= 15 is 0 Å². The molecular formula is C13H22BrN3OS. The van der Waals surface area contributed by atoms with Crippen molar-refractivity contribution in [1.82, 2.24) is 15.1 Å². The lowest BCUT2D eigenvalue weighted by atomic mass is 10.1. The van der Waals surface area contributed by atoms with E-state index in [1.807, 2.05) is 30.4 Å². The molecule has 0 radical (unpaired) electrons. The zero-order chi connectivity index (χ0) is 13.8. The first-order valence-electron chi connectivity index (χ1n) is 6.74. The van der Waals surface area contributed by atoms with Gasteiger partial charge in [0.05, 0.1) is 28.6 Å². The van der Waals surface area contributed by atoms with E-state index in [0.717, 1.165) is 41.2 Å². The number of ether oxygens (including phenoxy) is 1. The number of rotatable bonds is 5. The molecule has 1 N–H and O–H groups in total. The van der Waals surface area contributed by atoms with Crippen molar-refractivity contribution in [2.24, 2.45) is 7.05 Å². The van der Waals surface area contributed by atoms with E-state index in [2.05, 4.69) is 33.3 Å². The number of likely N-dealkylation sites (N-methyl/N-ethyl adjacent to an activating group) is 1. The predicted molar refractivity (Wildman–Crippen MR) is 83.9 cm³/mol. The Kier molecular flexibility index (Phi) is 5.74. The molecule has 2 atom stereocenters. The fraction of sp³-hybridized carbons (Fsp3) is 0.769. The van der Waals surface area contributed by atoms with Gasteiger partial charge in [0.15, 0.2) is 0 Å². The third-order valence-electron chi connectivity index (χ3n) is 3.43. The molecule has 6 heteroatoms. The molecule has 1 aliphatic heterocycles. The lowest BCUT2D eigenvalue weighted by molar-refractivity contribution is 0.0471. The maximum absolute atomic E-state index is 5.92. The van der Waals surface area contributed by atoms with E-state index in [9.17, 15) is 0 Å². The second-order valence-electron chi connectivity index (χ2n) is 4.82. The highest BCUT2D eigenvalue weighted by Crippen LogP contribution is 2.24. The molecule has 108 valence electrons. The van der Waals surface area contributed by atoms with Crippen molar-refractivity contribution in [3.8, 4) is 0 Å². The summed E-state index contributed by atoms with van der Waals surface area (Å²) in [5.74, 6) is 2.19. The van der Waals surface area contributed by atoms with Gasteiger partial charge < -0.3 is 10.1 Å². The molecule has 0 spiro atoms. The summed E-state index contributed by atoms with van der Waals surface area (Å²) in [6.07, 6.45) is 1.23. The highest BCUT2D eigenvalue weighted by molar-refractivity contribution is 9.10. The van der Waals surface area contributed by atoms with Crippen LogP contribution < -0.4 is 5.32 Å². The number of hydrogen-bond donors (Lipinski definition) is 1. The SMILES string of the molecule is CCNC(Cc1c(Br)c(C)nn1C)C1CSCCO1. The smallest absolute Gasteiger partial charge is 0.0822 e. The second-order valence-corrected chi connectivity index (χ2v) is 6.76. The lowest BCUT2D eigenvalue weighted by Crippen LogP contribution is -2.46. The molecular weight excluding hydrogens is 326 g/mol. The van der Waals surface area contributed by atoms with Gasteiger partial charge in [-0.05, 0) is 29.4 Å². The third kappa shape index (κ3) is 3.74. The summed E-state index contributed by atoms with van der Waals surface area (Å²) in [5.41, 5.74) is 2.29. The highest BCUT2D eigenvalue weighted by atomic mass is 79.9. The molecule has 2 unspecified atom stereocenters. The van der Waals surface area contributed by atoms with Crippen LogP contribution in [0.25, 0.3) is 0 Å². The molecule has 0 bridgehead atoms. The summed E-state index contributed by atoms with van der Waals surface area (Å²) in [5, 5.41) is 8.03. The van der Waals surface area contributed by atoms with Gasteiger partial charge in [-0.15, -0.1) is 0 Å². The Hall–Kier alpha value is -0.0400. The summed E-state index contributed by atoms with van der Waals surface area (Å²) in [6, 6.07) is 0.351. The molecule has 1 fully saturated rings. The monoisotopic (exact) mass is 347 g/mol. The molecule has 0 aromatic carbocycles. The van der Waals surface area contributed by atoms with E-state index < -0.39 is 0 Å². The van der Waals surface area contributed by atoms with Crippen LogP contribution in [0, 0.1) is 6.92 Å². The zero-order valence-corrected chi connectivity index (χ0v) is 14.2. The predicted octanol–water partition coefficient (Wildman–Crippen LogP) is 2.14. The van der Waals surface area contributed by atoms with E-state index in [-0.39, 0.29) is 0 Å². The van der Waals surface area contributed by atoms with Gasteiger partial charge in [0.1, 0.15) is 0 Å². The number of nitrogens with one attached hydrogen (secondary N) is 1. The summed E-state index contributed by atoms with van der Waals surface area (Å²) in [7, 11) is 2.01. The molecule has 4 nitrogen and oxygen atoms in total. The Morgan fingerprint density at radius 1 is 1.63 bits per heavy atom. The molecule has 0 amide bonds. The first-order chi connectivity index (χ1) is 9.13. The van der Waals surface area contributed by atoms with Crippen LogP contribution >= 0.6 is 27.7 Å². The van der Waals surface area contributed by atoms with Gasteiger partial charge in [-0.25, -0.2) is 0 Å². The van der Waals surface area contributed by atoms with Crippen LogP contribution in [0.1, 0.15) is 18.3 Å². The van der Waals surface area contributed by atoms with Crippen LogP contribution in [0.5, 0.6) is 0 Å². The Labute approximate surface area is 127 Å². The summed E-state index contributed by atoms with van der Waals surface area (Å²) in [4.78, 5) is 0. The number of thioether (sulfide) groups is 1. The Morgan fingerprint density at radius 3 is 2.95 bits per heavy atom. The minimum Gasteiger partial charge on any atom is -0.375 e.